The molecule has 4 nitrogen and oxygen atoms in total. The Balaban J connectivity index is 1.50. The zero-order valence-corrected chi connectivity index (χ0v) is 15.8. The summed E-state index contributed by atoms with van der Waals surface area (Å²) in [6.45, 7) is 4.29. The predicted molar refractivity (Wildman–Crippen MR) is 106 cm³/mol. The largest absolute Gasteiger partial charge is 0.334 e. The van der Waals surface area contributed by atoms with Crippen molar-refractivity contribution in [1.82, 2.24) is 15.5 Å². The fourth-order valence-electron chi connectivity index (χ4n) is 3.31. The Labute approximate surface area is 160 Å². The van der Waals surface area contributed by atoms with E-state index in [9.17, 15) is 4.79 Å². The third kappa shape index (κ3) is 5.75. The minimum absolute atomic E-state index is 0.169. The third-order valence-electron chi connectivity index (χ3n) is 4.74. The van der Waals surface area contributed by atoms with E-state index in [-0.39, 0.29) is 6.03 Å². The van der Waals surface area contributed by atoms with E-state index in [1.807, 2.05) is 30.3 Å². The van der Waals surface area contributed by atoms with Crippen LogP contribution in [0.3, 0.4) is 0 Å². The number of hydrogen-bond acceptors (Lipinski definition) is 2. The summed E-state index contributed by atoms with van der Waals surface area (Å²) in [5, 5.41) is 6.52. The van der Waals surface area contributed by atoms with Gasteiger partial charge in [0.2, 0.25) is 0 Å². The lowest BCUT2D eigenvalue weighted by atomic mass is 10.0. The van der Waals surface area contributed by atoms with Crippen LogP contribution in [0.25, 0.3) is 0 Å². The summed E-state index contributed by atoms with van der Waals surface area (Å²) in [6.07, 6.45) is 3.91. The molecule has 2 aromatic rings. The summed E-state index contributed by atoms with van der Waals surface area (Å²) in [5.74, 6) is 0. The fraction of sp³-hybridized carbons (Fsp3) is 0.381. The monoisotopic (exact) mass is 371 g/mol. The van der Waals surface area contributed by atoms with Crippen LogP contribution in [0.15, 0.2) is 48.5 Å². The van der Waals surface area contributed by atoms with Crippen LogP contribution in [0.1, 0.15) is 36.0 Å². The van der Waals surface area contributed by atoms with Gasteiger partial charge >= 0.3 is 6.03 Å². The highest BCUT2D eigenvalue weighted by Crippen LogP contribution is 2.16. The molecule has 1 aliphatic rings. The van der Waals surface area contributed by atoms with Crippen LogP contribution < -0.4 is 10.6 Å². The van der Waals surface area contributed by atoms with Crippen LogP contribution in [0.4, 0.5) is 4.79 Å². The molecule has 2 N–H and O–H groups in total. The first-order chi connectivity index (χ1) is 12.7. The van der Waals surface area contributed by atoms with E-state index in [1.54, 1.807) is 0 Å². The Morgan fingerprint density at radius 2 is 1.65 bits per heavy atom. The van der Waals surface area contributed by atoms with Gasteiger partial charge in [0.1, 0.15) is 0 Å². The lowest BCUT2D eigenvalue weighted by Gasteiger charge is -2.27. The lowest BCUT2D eigenvalue weighted by Crippen LogP contribution is -2.35. The highest BCUT2D eigenvalue weighted by atomic mass is 35.5. The number of benzene rings is 2. The number of carbonyl (C=O) groups is 1. The van der Waals surface area contributed by atoms with Gasteiger partial charge in [-0.05, 0) is 54.8 Å². The number of hydrogen-bond donors (Lipinski definition) is 2. The van der Waals surface area contributed by atoms with E-state index in [1.165, 1.54) is 43.5 Å². The molecule has 1 aliphatic heterocycles. The summed E-state index contributed by atoms with van der Waals surface area (Å²) >= 11 is 5.97. The fourth-order valence-corrected chi connectivity index (χ4v) is 3.52. The molecule has 3 rings (SSSR count). The predicted octanol–water partition coefficient (Wildman–Crippen LogP) is 4.33. The molecule has 0 saturated carbocycles. The number of likely N-dealkylation sites (tertiary alicyclic amines) is 1. The van der Waals surface area contributed by atoms with Crippen molar-refractivity contribution in [3.05, 3.63) is 70.2 Å². The van der Waals surface area contributed by atoms with Gasteiger partial charge in [0.15, 0.2) is 0 Å². The number of rotatable bonds is 6. The van der Waals surface area contributed by atoms with Crippen molar-refractivity contribution >= 4 is 17.6 Å². The van der Waals surface area contributed by atoms with Crippen LogP contribution in [0.5, 0.6) is 0 Å². The first-order valence-corrected chi connectivity index (χ1v) is 9.64. The second kappa shape index (κ2) is 9.60. The maximum atomic E-state index is 12.1. The average molecular weight is 372 g/mol. The molecule has 138 valence electrons. The van der Waals surface area contributed by atoms with Gasteiger partial charge in [-0.15, -0.1) is 0 Å². The first-order valence-electron chi connectivity index (χ1n) is 9.26. The van der Waals surface area contributed by atoms with E-state index >= 15 is 0 Å². The summed E-state index contributed by atoms with van der Waals surface area (Å²) in [6, 6.07) is 15.7. The molecule has 5 heteroatoms. The Morgan fingerprint density at radius 1 is 0.923 bits per heavy atom. The Morgan fingerprint density at radius 3 is 2.42 bits per heavy atom. The Hall–Kier alpha value is -2.04. The molecule has 0 atom stereocenters. The van der Waals surface area contributed by atoms with Gasteiger partial charge in [-0.1, -0.05) is 54.4 Å². The van der Waals surface area contributed by atoms with E-state index in [2.05, 4.69) is 33.7 Å². The molecule has 0 aromatic heterocycles. The smallest absolute Gasteiger partial charge is 0.315 e. The van der Waals surface area contributed by atoms with Gasteiger partial charge < -0.3 is 10.6 Å². The van der Waals surface area contributed by atoms with Gasteiger partial charge in [-0.3, -0.25) is 4.90 Å². The molecule has 26 heavy (non-hydrogen) atoms. The maximum Gasteiger partial charge on any atom is 0.315 e. The number of amides is 2. The van der Waals surface area contributed by atoms with E-state index in [0.29, 0.717) is 18.1 Å². The van der Waals surface area contributed by atoms with Crippen LogP contribution in [-0.2, 0) is 19.6 Å². The van der Waals surface area contributed by atoms with Gasteiger partial charge in [-0.2, -0.15) is 0 Å². The van der Waals surface area contributed by atoms with Crippen molar-refractivity contribution in [3.8, 4) is 0 Å². The molecule has 0 aliphatic carbocycles. The molecule has 1 heterocycles. The minimum Gasteiger partial charge on any atom is -0.334 e. The SMILES string of the molecule is O=C(NCc1cccc(Cl)c1)NCc1ccccc1CN1CCCCC1. The van der Waals surface area contributed by atoms with E-state index in [0.717, 1.165) is 12.1 Å². The first kappa shape index (κ1) is 18.7. The highest BCUT2D eigenvalue weighted by molar-refractivity contribution is 6.30. The number of halogens is 1. The molecular weight excluding hydrogens is 346 g/mol. The summed E-state index contributed by atoms with van der Waals surface area (Å²) in [5.41, 5.74) is 3.46. The van der Waals surface area contributed by atoms with Crippen molar-refractivity contribution in [3.63, 3.8) is 0 Å². The van der Waals surface area contributed by atoms with Gasteiger partial charge in [0.25, 0.3) is 0 Å². The summed E-state index contributed by atoms with van der Waals surface area (Å²) in [7, 11) is 0. The van der Waals surface area contributed by atoms with Gasteiger partial charge in [0, 0.05) is 24.7 Å². The van der Waals surface area contributed by atoms with E-state index < -0.39 is 0 Å². The maximum absolute atomic E-state index is 12.1. The zero-order valence-electron chi connectivity index (χ0n) is 15.0. The molecule has 0 bridgehead atoms. The molecule has 1 fully saturated rings. The number of piperidine rings is 1. The minimum atomic E-state index is -0.169. The highest BCUT2D eigenvalue weighted by Gasteiger charge is 2.12. The lowest BCUT2D eigenvalue weighted by molar-refractivity contribution is 0.220. The molecule has 0 unspecified atom stereocenters. The molecule has 0 radical (unpaired) electrons. The van der Waals surface area contributed by atoms with Crippen molar-refractivity contribution in [2.75, 3.05) is 13.1 Å². The normalized spacial score (nSPS) is 14.8. The molecule has 1 saturated heterocycles. The van der Waals surface area contributed by atoms with Crippen LogP contribution in [0.2, 0.25) is 5.02 Å². The van der Waals surface area contributed by atoms with E-state index in [4.69, 9.17) is 11.6 Å². The van der Waals surface area contributed by atoms with Gasteiger partial charge in [-0.25, -0.2) is 4.79 Å². The summed E-state index contributed by atoms with van der Waals surface area (Å²) in [4.78, 5) is 14.6. The molecule has 2 aromatic carbocycles. The zero-order chi connectivity index (χ0) is 18.2. The molecule has 2 amide bonds. The van der Waals surface area contributed by atoms with Crippen molar-refractivity contribution in [2.24, 2.45) is 0 Å². The van der Waals surface area contributed by atoms with Crippen molar-refractivity contribution in [2.45, 2.75) is 38.9 Å². The number of nitrogens with one attached hydrogen (secondary N) is 2. The topological polar surface area (TPSA) is 44.4 Å². The Bertz CT molecular complexity index is 729. The second-order valence-corrected chi connectivity index (χ2v) is 7.21. The Kier molecular flexibility index (Phi) is 6.92. The van der Waals surface area contributed by atoms with Crippen LogP contribution >= 0.6 is 11.6 Å². The average Bonchev–Trinajstić information content (AvgIpc) is 2.66. The third-order valence-corrected chi connectivity index (χ3v) is 4.98. The van der Waals surface area contributed by atoms with Gasteiger partial charge in [0.05, 0.1) is 0 Å². The molecular formula is C21H26ClN3O. The molecule has 0 spiro atoms. The van der Waals surface area contributed by atoms with Crippen molar-refractivity contribution < 1.29 is 4.79 Å². The number of urea groups is 1. The number of carbonyl (C=O) groups excluding carboxylic acids is 1. The standard InChI is InChI=1S/C21H26ClN3O/c22-20-10-6-7-17(13-20)14-23-21(26)24-15-18-8-2-3-9-19(18)16-25-11-4-1-5-12-25/h2-3,6-10,13H,1,4-5,11-12,14-16H2,(H2,23,24,26). The quantitative estimate of drug-likeness (QED) is 0.794. The summed E-state index contributed by atoms with van der Waals surface area (Å²) < 4.78 is 0. The van der Waals surface area contributed by atoms with Crippen molar-refractivity contribution in [1.29, 1.82) is 0 Å². The van der Waals surface area contributed by atoms with Crippen LogP contribution in [0, 0.1) is 0 Å². The number of nitrogens with zero attached hydrogens (tertiary/aromatic N) is 1. The van der Waals surface area contributed by atoms with Crippen LogP contribution in [-0.4, -0.2) is 24.0 Å². The second-order valence-electron chi connectivity index (χ2n) is 6.77.